The third-order valence-corrected chi connectivity index (χ3v) is 3.35. The number of carbonyl (C=O) groups is 1. The quantitative estimate of drug-likeness (QED) is 0.849. The van der Waals surface area contributed by atoms with E-state index >= 15 is 0 Å². The van der Waals surface area contributed by atoms with Crippen molar-refractivity contribution >= 4 is 11.6 Å². The van der Waals surface area contributed by atoms with E-state index in [1.807, 2.05) is 39.2 Å². The number of pyridine rings is 1. The number of hydrogen-bond acceptors (Lipinski definition) is 3. The molecule has 5 heteroatoms. The molecule has 0 N–H and O–H groups in total. The van der Waals surface area contributed by atoms with Crippen LogP contribution in [0.5, 0.6) is 0 Å². The highest BCUT2D eigenvalue weighted by atomic mass is 16.2. The summed E-state index contributed by atoms with van der Waals surface area (Å²) in [6, 6.07) is 3.82. The first-order valence-electron chi connectivity index (χ1n) is 7.31. The predicted molar refractivity (Wildman–Crippen MR) is 83.6 cm³/mol. The largest absolute Gasteiger partial charge is 0.312 e. The Morgan fingerprint density at radius 3 is 2.76 bits per heavy atom. The fourth-order valence-corrected chi connectivity index (χ4v) is 2.22. The first-order valence-corrected chi connectivity index (χ1v) is 7.31. The summed E-state index contributed by atoms with van der Waals surface area (Å²) in [6.45, 7) is 5.92. The maximum atomic E-state index is 12.2. The Balaban J connectivity index is 2.40. The van der Waals surface area contributed by atoms with Crippen LogP contribution in [-0.4, -0.2) is 27.7 Å². The Hall–Kier alpha value is -2.17. The summed E-state index contributed by atoms with van der Waals surface area (Å²) in [7, 11) is 1.81. The number of anilines is 1. The number of amides is 1. The molecule has 1 amide bonds. The molecule has 0 aliphatic carbocycles. The lowest BCUT2D eigenvalue weighted by Gasteiger charge is -2.18. The highest BCUT2D eigenvalue weighted by Crippen LogP contribution is 2.23. The van der Waals surface area contributed by atoms with Gasteiger partial charge in [0.05, 0.1) is 29.5 Å². The molecule has 0 aromatic carbocycles. The molecule has 0 aliphatic rings. The monoisotopic (exact) mass is 286 g/mol. The van der Waals surface area contributed by atoms with Crippen LogP contribution >= 0.6 is 0 Å². The van der Waals surface area contributed by atoms with Crippen LogP contribution in [0.15, 0.2) is 30.7 Å². The van der Waals surface area contributed by atoms with Gasteiger partial charge in [-0.2, -0.15) is 5.10 Å². The molecule has 0 aliphatic heterocycles. The molecular weight excluding hydrogens is 264 g/mol. The zero-order valence-corrected chi connectivity index (χ0v) is 13.1. The van der Waals surface area contributed by atoms with Gasteiger partial charge in [-0.15, -0.1) is 0 Å². The number of nitrogens with zero attached hydrogens (tertiary/aromatic N) is 4. The number of rotatable bonds is 5. The highest BCUT2D eigenvalue weighted by molar-refractivity contribution is 5.94. The predicted octanol–water partition coefficient (Wildman–Crippen LogP) is 2.84. The van der Waals surface area contributed by atoms with E-state index in [9.17, 15) is 4.79 Å². The van der Waals surface area contributed by atoms with Crippen LogP contribution < -0.4 is 4.90 Å². The van der Waals surface area contributed by atoms with Crippen molar-refractivity contribution in [3.8, 4) is 5.69 Å². The van der Waals surface area contributed by atoms with Gasteiger partial charge in [0.2, 0.25) is 5.91 Å². The Kier molecular flexibility index (Phi) is 4.73. The maximum absolute atomic E-state index is 12.2. The molecule has 2 rings (SSSR count). The summed E-state index contributed by atoms with van der Waals surface area (Å²) in [5.41, 5.74) is 2.71. The van der Waals surface area contributed by atoms with Crippen LogP contribution in [0.2, 0.25) is 0 Å². The van der Waals surface area contributed by atoms with Gasteiger partial charge >= 0.3 is 0 Å². The average molecular weight is 286 g/mol. The third kappa shape index (κ3) is 3.29. The molecule has 0 saturated carbocycles. The summed E-state index contributed by atoms with van der Waals surface area (Å²) in [4.78, 5) is 18.0. The Morgan fingerprint density at radius 1 is 1.43 bits per heavy atom. The Morgan fingerprint density at radius 2 is 2.19 bits per heavy atom. The summed E-state index contributed by atoms with van der Waals surface area (Å²) in [5.74, 6) is 0.0595. The van der Waals surface area contributed by atoms with E-state index in [0.717, 1.165) is 29.9 Å². The molecule has 0 spiro atoms. The van der Waals surface area contributed by atoms with Crippen LogP contribution in [0.3, 0.4) is 0 Å². The van der Waals surface area contributed by atoms with Crippen molar-refractivity contribution in [2.24, 2.45) is 5.92 Å². The van der Waals surface area contributed by atoms with Gasteiger partial charge in [0.15, 0.2) is 0 Å². The van der Waals surface area contributed by atoms with Crippen molar-refractivity contribution in [1.82, 2.24) is 14.8 Å². The van der Waals surface area contributed by atoms with Gasteiger partial charge in [-0.1, -0.05) is 27.2 Å². The van der Waals surface area contributed by atoms with Crippen LogP contribution in [-0.2, 0) is 11.2 Å². The lowest BCUT2D eigenvalue weighted by Crippen LogP contribution is -2.30. The SMILES string of the molecule is CCCc1nn(-c2cccnc2)cc1N(C)C(=O)C(C)C. The molecule has 2 heterocycles. The van der Waals surface area contributed by atoms with Gasteiger partial charge in [-0.3, -0.25) is 9.78 Å². The second-order valence-electron chi connectivity index (χ2n) is 5.42. The Bertz CT molecular complexity index is 604. The topological polar surface area (TPSA) is 51.0 Å². The number of hydrogen-bond donors (Lipinski definition) is 0. The molecule has 0 unspecified atom stereocenters. The van der Waals surface area contributed by atoms with Crippen LogP contribution in [0.1, 0.15) is 32.9 Å². The van der Waals surface area contributed by atoms with E-state index in [4.69, 9.17) is 0 Å². The molecule has 5 nitrogen and oxygen atoms in total. The van der Waals surface area contributed by atoms with Gasteiger partial charge in [0, 0.05) is 19.2 Å². The zero-order valence-electron chi connectivity index (χ0n) is 13.1. The van der Waals surface area contributed by atoms with E-state index in [1.165, 1.54) is 0 Å². The summed E-state index contributed by atoms with van der Waals surface area (Å²) >= 11 is 0. The van der Waals surface area contributed by atoms with Crippen molar-refractivity contribution in [2.45, 2.75) is 33.6 Å². The van der Waals surface area contributed by atoms with E-state index in [0.29, 0.717) is 0 Å². The van der Waals surface area contributed by atoms with Crippen molar-refractivity contribution in [2.75, 3.05) is 11.9 Å². The smallest absolute Gasteiger partial charge is 0.229 e. The van der Waals surface area contributed by atoms with E-state index < -0.39 is 0 Å². The van der Waals surface area contributed by atoms with Gasteiger partial charge < -0.3 is 4.90 Å². The van der Waals surface area contributed by atoms with Crippen molar-refractivity contribution < 1.29 is 4.79 Å². The second-order valence-corrected chi connectivity index (χ2v) is 5.42. The molecule has 2 aromatic rings. The minimum Gasteiger partial charge on any atom is -0.312 e. The van der Waals surface area contributed by atoms with E-state index in [2.05, 4.69) is 17.0 Å². The summed E-state index contributed by atoms with van der Waals surface area (Å²) < 4.78 is 1.79. The molecule has 0 bridgehead atoms. The third-order valence-electron chi connectivity index (χ3n) is 3.35. The fraction of sp³-hybridized carbons (Fsp3) is 0.438. The van der Waals surface area contributed by atoms with Crippen molar-refractivity contribution in [3.63, 3.8) is 0 Å². The Labute approximate surface area is 125 Å². The molecule has 0 radical (unpaired) electrons. The highest BCUT2D eigenvalue weighted by Gasteiger charge is 2.20. The van der Waals surface area contributed by atoms with E-state index in [-0.39, 0.29) is 11.8 Å². The molecule has 0 atom stereocenters. The first-order chi connectivity index (χ1) is 10.0. The molecular formula is C16H22N4O. The summed E-state index contributed by atoms with van der Waals surface area (Å²) in [6.07, 6.45) is 7.23. The molecule has 0 fully saturated rings. The van der Waals surface area contributed by atoms with Gasteiger partial charge in [-0.05, 0) is 18.6 Å². The normalized spacial score (nSPS) is 10.9. The van der Waals surface area contributed by atoms with Gasteiger partial charge in [0.25, 0.3) is 0 Å². The number of aromatic nitrogens is 3. The summed E-state index contributed by atoms with van der Waals surface area (Å²) in [5, 5.41) is 4.62. The average Bonchev–Trinajstić information content (AvgIpc) is 2.91. The first kappa shape index (κ1) is 15.2. The fourth-order valence-electron chi connectivity index (χ4n) is 2.22. The molecule has 112 valence electrons. The second kappa shape index (κ2) is 6.52. The zero-order chi connectivity index (χ0) is 15.4. The van der Waals surface area contributed by atoms with Crippen LogP contribution in [0.25, 0.3) is 5.69 Å². The standard InChI is InChI=1S/C16H22N4O/c1-5-7-14-15(19(4)16(21)12(2)3)11-20(18-14)13-8-6-9-17-10-13/h6,8-12H,5,7H2,1-4H3. The number of carbonyl (C=O) groups excluding carboxylic acids is 1. The lowest BCUT2D eigenvalue weighted by molar-refractivity contribution is -0.121. The lowest BCUT2D eigenvalue weighted by atomic mass is 10.1. The molecule has 0 saturated heterocycles. The van der Waals surface area contributed by atoms with Gasteiger partial charge in [0.1, 0.15) is 0 Å². The van der Waals surface area contributed by atoms with E-state index in [1.54, 1.807) is 22.0 Å². The maximum Gasteiger partial charge on any atom is 0.229 e. The minimum atomic E-state index is -0.0359. The molecule has 2 aromatic heterocycles. The van der Waals surface area contributed by atoms with Crippen LogP contribution in [0, 0.1) is 5.92 Å². The van der Waals surface area contributed by atoms with Crippen molar-refractivity contribution in [1.29, 1.82) is 0 Å². The van der Waals surface area contributed by atoms with Crippen molar-refractivity contribution in [3.05, 3.63) is 36.4 Å². The number of aryl methyl sites for hydroxylation is 1. The van der Waals surface area contributed by atoms with Gasteiger partial charge in [-0.25, -0.2) is 4.68 Å². The van der Waals surface area contributed by atoms with Crippen LogP contribution in [0.4, 0.5) is 5.69 Å². The minimum absolute atomic E-state index is 0.0359. The molecule has 21 heavy (non-hydrogen) atoms.